The van der Waals surface area contributed by atoms with Crippen LogP contribution in [0.3, 0.4) is 0 Å². The second kappa shape index (κ2) is 7.82. The normalized spacial score (nSPS) is 10.3. The summed E-state index contributed by atoms with van der Waals surface area (Å²) in [6.45, 7) is 1.95. The number of hydrogen-bond donors (Lipinski definition) is 0. The fourth-order valence-electron chi connectivity index (χ4n) is 2.49. The predicted molar refractivity (Wildman–Crippen MR) is 99.5 cm³/mol. The van der Waals surface area contributed by atoms with Crippen LogP contribution in [-0.4, -0.2) is 17.1 Å². The van der Waals surface area contributed by atoms with Crippen molar-refractivity contribution in [2.75, 3.05) is 7.11 Å². The van der Waals surface area contributed by atoms with Crippen LogP contribution in [0.5, 0.6) is 5.75 Å². The summed E-state index contributed by atoms with van der Waals surface area (Å²) in [7, 11) is 1.64. The molecule has 124 valence electrons. The number of hydrogen-bond acceptors (Lipinski definition) is 5. The molecule has 0 fully saturated rings. The highest BCUT2D eigenvalue weighted by atomic mass is 32.2. The molecular weight excluding hydrogens is 330 g/mol. The van der Waals surface area contributed by atoms with Crippen molar-refractivity contribution in [3.05, 3.63) is 71.7 Å². The van der Waals surface area contributed by atoms with Crippen molar-refractivity contribution in [1.82, 2.24) is 9.97 Å². The molecule has 2 aromatic heterocycles. The molecule has 0 aliphatic carbocycles. The van der Waals surface area contributed by atoms with E-state index in [2.05, 4.69) is 16.0 Å². The molecule has 0 unspecified atom stereocenters. The molecule has 0 bridgehead atoms. The Bertz CT molecular complexity index is 903. The van der Waals surface area contributed by atoms with E-state index < -0.39 is 0 Å². The minimum atomic E-state index is 0.602. The van der Waals surface area contributed by atoms with Gasteiger partial charge in [-0.1, -0.05) is 18.2 Å². The fourth-order valence-corrected chi connectivity index (χ4v) is 3.47. The number of aryl methyl sites for hydroxylation is 1. The van der Waals surface area contributed by atoms with Crippen molar-refractivity contribution in [3.63, 3.8) is 0 Å². The van der Waals surface area contributed by atoms with Gasteiger partial charge in [0.2, 0.25) is 0 Å². The number of aromatic nitrogens is 2. The number of benzene rings is 1. The van der Waals surface area contributed by atoms with Gasteiger partial charge in [-0.2, -0.15) is 5.26 Å². The maximum absolute atomic E-state index is 9.71. The van der Waals surface area contributed by atoms with Crippen molar-refractivity contribution in [3.8, 4) is 22.9 Å². The van der Waals surface area contributed by atoms with Gasteiger partial charge in [0.15, 0.2) is 0 Å². The monoisotopic (exact) mass is 347 g/mol. The zero-order valence-corrected chi connectivity index (χ0v) is 14.9. The Balaban J connectivity index is 1.96. The highest BCUT2D eigenvalue weighted by Gasteiger charge is 2.14. The smallest absolute Gasteiger partial charge is 0.118 e. The van der Waals surface area contributed by atoms with Crippen LogP contribution in [0.15, 0.2) is 59.9 Å². The Kier molecular flexibility index (Phi) is 5.32. The summed E-state index contributed by atoms with van der Waals surface area (Å²) in [6, 6.07) is 15.9. The SMILES string of the molecule is COc1ccc(-c2cc(C)nc(SCc3cccnc3)c2C#N)cc1. The minimum absolute atomic E-state index is 0.602. The van der Waals surface area contributed by atoms with Crippen LogP contribution in [-0.2, 0) is 5.75 Å². The van der Waals surface area contributed by atoms with Crippen molar-refractivity contribution in [1.29, 1.82) is 5.26 Å². The van der Waals surface area contributed by atoms with E-state index >= 15 is 0 Å². The van der Waals surface area contributed by atoms with Gasteiger partial charge in [0.05, 0.1) is 12.7 Å². The van der Waals surface area contributed by atoms with Gasteiger partial charge in [-0.25, -0.2) is 4.98 Å². The predicted octanol–water partition coefficient (Wildman–Crippen LogP) is 4.62. The van der Waals surface area contributed by atoms with Crippen molar-refractivity contribution >= 4 is 11.8 Å². The lowest BCUT2D eigenvalue weighted by atomic mass is 10.0. The zero-order chi connectivity index (χ0) is 17.6. The number of ether oxygens (including phenoxy) is 1. The van der Waals surface area contributed by atoms with Gasteiger partial charge in [0.25, 0.3) is 0 Å². The molecule has 0 radical (unpaired) electrons. The first-order valence-electron chi connectivity index (χ1n) is 7.79. The molecule has 0 saturated carbocycles. The van der Waals surface area contributed by atoms with Gasteiger partial charge in [0.1, 0.15) is 16.8 Å². The molecule has 3 aromatic rings. The average Bonchev–Trinajstić information content (AvgIpc) is 2.66. The van der Waals surface area contributed by atoms with E-state index in [-0.39, 0.29) is 0 Å². The lowest BCUT2D eigenvalue weighted by Crippen LogP contribution is -1.96. The van der Waals surface area contributed by atoms with Crippen molar-refractivity contribution < 1.29 is 4.74 Å². The number of pyridine rings is 2. The summed E-state index contributed by atoms with van der Waals surface area (Å²) in [5, 5.41) is 10.5. The van der Waals surface area contributed by atoms with Crippen molar-refractivity contribution in [2.45, 2.75) is 17.7 Å². The van der Waals surface area contributed by atoms with E-state index in [1.807, 2.05) is 55.6 Å². The van der Waals surface area contributed by atoms with Gasteiger partial charge in [-0.05, 0) is 42.3 Å². The Morgan fingerprint density at radius 2 is 2.00 bits per heavy atom. The molecule has 25 heavy (non-hydrogen) atoms. The summed E-state index contributed by atoms with van der Waals surface area (Å²) >= 11 is 1.56. The number of nitriles is 1. The van der Waals surface area contributed by atoms with Gasteiger partial charge >= 0.3 is 0 Å². The van der Waals surface area contributed by atoms with E-state index in [0.29, 0.717) is 5.56 Å². The topological polar surface area (TPSA) is 58.8 Å². The fraction of sp³-hybridized carbons (Fsp3) is 0.150. The Hall–Kier alpha value is -2.84. The Morgan fingerprint density at radius 3 is 2.64 bits per heavy atom. The number of methoxy groups -OCH3 is 1. The van der Waals surface area contributed by atoms with E-state index in [9.17, 15) is 5.26 Å². The van der Waals surface area contributed by atoms with Crippen LogP contribution >= 0.6 is 11.8 Å². The standard InChI is InChI=1S/C20H17N3OS/c1-14-10-18(16-5-7-17(24-2)8-6-16)19(11-21)20(23-14)25-13-15-4-3-9-22-12-15/h3-10,12H,13H2,1-2H3. The van der Waals surface area contributed by atoms with Crippen LogP contribution in [0.4, 0.5) is 0 Å². The van der Waals surface area contributed by atoms with Crippen LogP contribution in [0.1, 0.15) is 16.8 Å². The van der Waals surface area contributed by atoms with Gasteiger partial charge in [0, 0.05) is 29.4 Å². The zero-order valence-electron chi connectivity index (χ0n) is 14.1. The first kappa shape index (κ1) is 17.0. The summed E-state index contributed by atoms with van der Waals surface area (Å²) in [5.74, 6) is 1.51. The average molecular weight is 347 g/mol. The highest BCUT2D eigenvalue weighted by molar-refractivity contribution is 7.98. The van der Waals surface area contributed by atoms with Crippen LogP contribution in [0.2, 0.25) is 0 Å². The Labute approximate surface area is 151 Å². The molecule has 0 spiro atoms. The lowest BCUT2D eigenvalue weighted by molar-refractivity contribution is 0.415. The molecule has 0 aliphatic heterocycles. The molecule has 0 aliphatic rings. The van der Waals surface area contributed by atoms with Crippen LogP contribution in [0.25, 0.3) is 11.1 Å². The molecule has 4 nitrogen and oxygen atoms in total. The quantitative estimate of drug-likeness (QED) is 0.630. The molecular formula is C20H17N3OS. The molecule has 0 N–H and O–H groups in total. The third kappa shape index (κ3) is 3.98. The molecule has 0 saturated heterocycles. The third-order valence-electron chi connectivity index (χ3n) is 3.73. The summed E-state index contributed by atoms with van der Waals surface area (Å²) in [4.78, 5) is 8.70. The first-order chi connectivity index (χ1) is 12.2. The summed E-state index contributed by atoms with van der Waals surface area (Å²) in [6.07, 6.45) is 3.58. The van der Waals surface area contributed by atoms with Crippen LogP contribution < -0.4 is 4.74 Å². The van der Waals surface area contributed by atoms with Crippen molar-refractivity contribution in [2.24, 2.45) is 0 Å². The molecule has 3 rings (SSSR count). The Morgan fingerprint density at radius 1 is 1.20 bits per heavy atom. The maximum atomic E-state index is 9.71. The highest BCUT2D eigenvalue weighted by Crippen LogP contribution is 2.33. The minimum Gasteiger partial charge on any atom is -0.497 e. The van der Waals surface area contributed by atoms with E-state index in [4.69, 9.17) is 4.74 Å². The summed E-state index contributed by atoms with van der Waals surface area (Å²) < 4.78 is 5.21. The summed E-state index contributed by atoms with van der Waals surface area (Å²) in [5.41, 5.74) is 4.46. The number of rotatable bonds is 5. The second-order valence-corrected chi connectivity index (χ2v) is 6.45. The molecule has 0 amide bonds. The number of thioether (sulfide) groups is 1. The largest absolute Gasteiger partial charge is 0.497 e. The molecule has 0 atom stereocenters. The van der Waals surface area contributed by atoms with Crippen LogP contribution in [0, 0.1) is 18.3 Å². The third-order valence-corrected chi connectivity index (χ3v) is 4.77. The molecule has 5 heteroatoms. The van der Waals surface area contributed by atoms with E-state index in [1.54, 1.807) is 25.1 Å². The maximum Gasteiger partial charge on any atom is 0.118 e. The number of nitrogens with zero attached hydrogens (tertiary/aromatic N) is 3. The molecule has 1 aromatic carbocycles. The second-order valence-electron chi connectivity index (χ2n) is 5.48. The van der Waals surface area contributed by atoms with Gasteiger partial charge in [-0.3, -0.25) is 4.98 Å². The first-order valence-corrected chi connectivity index (χ1v) is 8.77. The lowest BCUT2D eigenvalue weighted by Gasteiger charge is -2.11. The van der Waals surface area contributed by atoms with E-state index in [0.717, 1.165) is 38.9 Å². The van der Waals surface area contributed by atoms with Gasteiger partial charge in [-0.15, -0.1) is 11.8 Å². The van der Waals surface area contributed by atoms with Gasteiger partial charge < -0.3 is 4.74 Å². The molecule has 2 heterocycles. The van der Waals surface area contributed by atoms with E-state index in [1.165, 1.54) is 0 Å².